The quantitative estimate of drug-likeness (QED) is 0.841. The molecule has 1 aliphatic rings. The van der Waals surface area contributed by atoms with Gasteiger partial charge in [-0.05, 0) is 32.0 Å². The molecule has 6 heteroatoms. The monoisotopic (exact) mass is 250 g/mol. The number of hydrogen-bond donors (Lipinski definition) is 2. The number of anilines is 2. The average molecular weight is 250 g/mol. The van der Waals surface area contributed by atoms with Gasteiger partial charge in [-0.25, -0.2) is 4.79 Å². The first kappa shape index (κ1) is 12.2. The fourth-order valence-corrected chi connectivity index (χ4v) is 1.57. The van der Waals surface area contributed by atoms with Crippen LogP contribution in [0.4, 0.5) is 16.2 Å². The average Bonchev–Trinajstić information content (AvgIpc) is 2.31. The van der Waals surface area contributed by atoms with E-state index in [1.165, 1.54) is 0 Å². The molecule has 1 atom stereocenters. The van der Waals surface area contributed by atoms with Crippen LogP contribution < -0.4 is 15.4 Å². The Labute approximate surface area is 104 Å². The minimum Gasteiger partial charge on any atom is -0.479 e. The van der Waals surface area contributed by atoms with Crippen molar-refractivity contribution in [1.82, 2.24) is 0 Å². The van der Waals surface area contributed by atoms with Crippen LogP contribution in [0, 0.1) is 0 Å². The van der Waals surface area contributed by atoms with Crippen LogP contribution in [-0.2, 0) is 9.53 Å². The van der Waals surface area contributed by atoms with Crippen LogP contribution in [0.15, 0.2) is 18.2 Å². The van der Waals surface area contributed by atoms with E-state index >= 15 is 0 Å². The molecule has 1 aromatic carbocycles. The number of nitrogens with one attached hydrogen (secondary N) is 2. The molecule has 1 aliphatic heterocycles. The lowest BCUT2D eigenvalue weighted by molar-refractivity contribution is -0.122. The van der Waals surface area contributed by atoms with Gasteiger partial charge in [0.05, 0.1) is 12.3 Å². The molecule has 0 bridgehead atoms. The van der Waals surface area contributed by atoms with Gasteiger partial charge < -0.3 is 14.8 Å². The summed E-state index contributed by atoms with van der Waals surface area (Å²) < 4.78 is 10.2. The van der Waals surface area contributed by atoms with Crippen LogP contribution in [0.1, 0.15) is 13.8 Å². The molecule has 0 fully saturated rings. The van der Waals surface area contributed by atoms with Crippen molar-refractivity contribution >= 4 is 23.4 Å². The molecule has 0 saturated heterocycles. The van der Waals surface area contributed by atoms with E-state index in [4.69, 9.17) is 9.47 Å². The van der Waals surface area contributed by atoms with Crippen LogP contribution in [0.3, 0.4) is 0 Å². The predicted octanol–water partition coefficient (Wildman–Crippen LogP) is 1.97. The molecule has 6 nitrogen and oxygen atoms in total. The predicted molar refractivity (Wildman–Crippen MR) is 65.8 cm³/mol. The number of hydrogen-bond acceptors (Lipinski definition) is 4. The fraction of sp³-hybridized carbons (Fsp3) is 0.333. The summed E-state index contributed by atoms with van der Waals surface area (Å²) in [4.78, 5) is 22.7. The first-order chi connectivity index (χ1) is 8.60. The maximum atomic E-state index is 11.4. The van der Waals surface area contributed by atoms with Gasteiger partial charge in [-0.2, -0.15) is 0 Å². The molecular formula is C12H14N2O4. The van der Waals surface area contributed by atoms with E-state index in [2.05, 4.69) is 10.6 Å². The highest BCUT2D eigenvalue weighted by molar-refractivity contribution is 5.98. The molecule has 2 N–H and O–H groups in total. The Morgan fingerprint density at radius 3 is 3.06 bits per heavy atom. The van der Waals surface area contributed by atoms with Crippen molar-refractivity contribution in [1.29, 1.82) is 0 Å². The Hall–Kier alpha value is -2.24. The number of fused-ring (bicyclic) bond motifs is 1. The van der Waals surface area contributed by atoms with Crippen molar-refractivity contribution in [2.45, 2.75) is 20.0 Å². The van der Waals surface area contributed by atoms with Gasteiger partial charge in [0.15, 0.2) is 6.10 Å². The second-order valence-electron chi connectivity index (χ2n) is 3.81. The summed E-state index contributed by atoms with van der Waals surface area (Å²) in [6.45, 7) is 3.69. The zero-order valence-electron chi connectivity index (χ0n) is 10.1. The van der Waals surface area contributed by atoms with E-state index in [0.717, 1.165) is 0 Å². The van der Waals surface area contributed by atoms with Gasteiger partial charge in [-0.15, -0.1) is 0 Å². The van der Waals surface area contributed by atoms with Gasteiger partial charge in [-0.1, -0.05) is 0 Å². The molecule has 1 aromatic rings. The van der Waals surface area contributed by atoms with E-state index in [9.17, 15) is 9.59 Å². The van der Waals surface area contributed by atoms with Gasteiger partial charge in [0.1, 0.15) is 5.75 Å². The molecule has 0 aliphatic carbocycles. The summed E-state index contributed by atoms with van der Waals surface area (Å²) >= 11 is 0. The zero-order valence-corrected chi connectivity index (χ0v) is 10.1. The van der Waals surface area contributed by atoms with Gasteiger partial charge in [0.2, 0.25) is 0 Å². The van der Waals surface area contributed by atoms with Crippen molar-refractivity contribution < 1.29 is 19.1 Å². The summed E-state index contributed by atoms with van der Waals surface area (Å²) in [7, 11) is 0. The summed E-state index contributed by atoms with van der Waals surface area (Å²) in [6, 6.07) is 4.99. The highest BCUT2D eigenvalue weighted by atomic mass is 16.5. The van der Waals surface area contributed by atoms with Crippen molar-refractivity contribution in [3.8, 4) is 5.75 Å². The number of ether oxygens (including phenoxy) is 2. The van der Waals surface area contributed by atoms with Gasteiger partial charge in [0.25, 0.3) is 5.91 Å². The number of benzene rings is 1. The van der Waals surface area contributed by atoms with Crippen LogP contribution in [0.2, 0.25) is 0 Å². The second-order valence-corrected chi connectivity index (χ2v) is 3.81. The highest BCUT2D eigenvalue weighted by Gasteiger charge is 2.23. The van der Waals surface area contributed by atoms with Gasteiger partial charge in [-0.3, -0.25) is 10.1 Å². The Kier molecular flexibility index (Phi) is 3.36. The molecule has 0 aromatic heterocycles. The number of amides is 2. The third-order valence-electron chi connectivity index (χ3n) is 2.43. The lowest BCUT2D eigenvalue weighted by Crippen LogP contribution is -2.34. The van der Waals surface area contributed by atoms with Crippen molar-refractivity contribution in [2.24, 2.45) is 0 Å². The van der Waals surface area contributed by atoms with E-state index in [1.807, 2.05) is 0 Å². The molecule has 0 spiro atoms. The minimum absolute atomic E-state index is 0.212. The number of carbonyl (C=O) groups is 2. The fourth-order valence-electron chi connectivity index (χ4n) is 1.57. The van der Waals surface area contributed by atoms with Crippen molar-refractivity contribution in [3.63, 3.8) is 0 Å². The van der Waals surface area contributed by atoms with Crippen LogP contribution in [0.25, 0.3) is 0 Å². The maximum Gasteiger partial charge on any atom is 0.411 e. The topological polar surface area (TPSA) is 76.7 Å². The molecular weight excluding hydrogens is 236 g/mol. The Morgan fingerprint density at radius 2 is 2.33 bits per heavy atom. The summed E-state index contributed by atoms with van der Waals surface area (Å²) in [5.74, 6) is 0.368. The molecule has 18 heavy (non-hydrogen) atoms. The zero-order chi connectivity index (χ0) is 13.1. The Bertz CT molecular complexity index is 487. The summed E-state index contributed by atoms with van der Waals surface area (Å²) in [6.07, 6.45) is -1.05. The number of rotatable bonds is 2. The molecule has 0 radical (unpaired) electrons. The van der Waals surface area contributed by atoms with Gasteiger partial charge >= 0.3 is 6.09 Å². The first-order valence-corrected chi connectivity index (χ1v) is 5.65. The highest BCUT2D eigenvalue weighted by Crippen LogP contribution is 2.32. The largest absolute Gasteiger partial charge is 0.479 e. The van der Waals surface area contributed by atoms with Crippen LogP contribution in [0.5, 0.6) is 5.75 Å². The third kappa shape index (κ3) is 2.53. The molecule has 96 valence electrons. The van der Waals surface area contributed by atoms with Crippen LogP contribution >= 0.6 is 0 Å². The first-order valence-electron chi connectivity index (χ1n) is 5.65. The van der Waals surface area contributed by atoms with E-state index in [-0.39, 0.29) is 5.91 Å². The number of carbonyl (C=O) groups excluding carboxylic acids is 2. The third-order valence-corrected chi connectivity index (χ3v) is 2.43. The molecule has 2 amide bonds. The molecule has 0 unspecified atom stereocenters. The van der Waals surface area contributed by atoms with E-state index in [1.54, 1.807) is 32.0 Å². The van der Waals surface area contributed by atoms with Crippen molar-refractivity contribution in [2.75, 3.05) is 17.2 Å². The normalized spacial score (nSPS) is 17.2. The van der Waals surface area contributed by atoms with Gasteiger partial charge in [0, 0.05) is 5.69 Å². The summed E-state index contributed by atoms with van der Waals surface area (Å²) in [5, 5.41) is 5.25. The minimum atomic E-state index is -0.533. The lowest BCUT2D eigenvalue weighted by atomic mass is 10.2. The maximum absolute atomic E-state index is 11.4. The van der Waals surface area contributed by atoms with E-state index < -0.39 is 12.2 Å². The SMILES string of the molecule is CCOC(=O)Nc1ccc2c(c1)NC(=O)[C@H](C)O2. The molecule has 0 saturated carbocycles. The second kappa shape index (κ2) is 4.95. The van der Waals surface area contributed by atoms with Crippen LogP contribution in [-0.4, -0.2) is 24.7 Å². The summed E-state index contributed by atoms with van der Waals surface area (Å²) in [5.41, 5.74) is 1.07. The van der Waals surface area contributed by atoms with E-state index in [0.29, 0.717) is 23.7 Å². The van der Waals surface area contributed by atoms with Crippen molar-refractivity contribution in [3.05, 3.63) is 18.2 Å². The Balaban J connectivity index is 2.15. The Morgan fingerprint density at radius 1 is 1.56 bits per heavy atom. The molecule has 2 rings (SSSR count). The standard InChI is InChI=1S/C12H14N2O4/c1-3-17-12(16)13-8-4-5-10-9(6-8)14-11(15)7(2)18-10/h4-7H,3H2,1-2H3,(H,13,16)(H,14,15)/t7-/m0/s1. The molecule has 1 heterocycles. The lowest BCUT2D eigenvalue weighted by Gasteiger charge is -2.23. The smallest absolute Gasteiger partial charge is 0.411 e.